The van der Waals surface area contributed by atoms with E-state index < -0.39 is 11.9 Å². The van der Waals surface area contributed by atoms with Crippen LogP contribution < -0.4 is 10.2 Å². The maximum Gasteiger partial charge on any atom is 2.00 e. The summed E-state index contributed by atoms with van der Waals surface area (Å²) >= 11 is 0. The van der Waals surface area contributed by atoms with E-state index in [9.17, 15) is 19.8 Å². The van der Waals surface area contributed by atoms with Gasteiger partial charge in [0.1, 0.15) is 0 Å². The fraction of sp³-hybridized carbons (Fsp3) is 0.875. The molecule has 0 saturated heterocycles. The van der Waals surface area contributed by atoms with Crippen LogP contribution in [0.4, 0.5) is 0 Å². The Labute approximate surface area is 140 Å². The molecule has 2 saturated carbocycles. The molecule has 0 aromatic heterocycles. The Bertz CT molecular complexity index is 261. The van der Waals surface area contributed by atoms with Gasteiger partial charge < -0.3 is 19.8 Å². The molecular formula is C16H26O4Zn. The van der Waals surface area contributed by atoms with Crippen molar-refractivity contribution in [3.8, 4) is 0 Å². The van der Waals surface area contributed by atoms with Crippen molar-refractivity contribution in [2.75, 3.05) is 0 Å². The molecular weight excluding hydrogens is 322 g/mol. The molecule has 0 unspecified atom stereocenters. The van der Waals surface area contributed by atoms with Crippen molar-refractivity contribution in [3.05, 3.63) is 0 Å². The van der Waals surface area contributed by atoms with E-state index in [0.717, 1.165) is 51.4 Å². The van der Waals surface area contributed by atoms with Crippen LogP contribution in [-0.4, -0.2) is 11.9 Å². The molecule has 0 heterocycles. The van der Waals surface area contributed by atoms with E-state index in [-0.39, 0.29) is 31.3 Å². The van der Waals surface area contributed by atoms with E-state index in [2.05, 4.69) is 0 Å². The molecule has 0 aliphatic heterocycles. The summed E-state index contributed by atoms with van der Waals surface area (Å²) in [5, 5.41) is 20.8. The summed E-state index contributed by atoms with van der Waals surface area (Å²) in [5.74, 6) is -1.99. The Balaban J connectivity index is 0.000000364. The standard InChI is InChI=1S/2C8H14O2.Zn/c2*9-8(10)7-5-3-1-2-4-6-7;/h2*7H,1-6H2,(H,9,10);/q;;+2/p-2. The van der Waals surface area contributed by atoms with Gasteiger partial charge >= 0.3 is 19.5 Å². The number of hydrogen-bond acceptors (Lipinski definition) is 4. The molecule has 0 bridgehead atoms. The van der Waals surface area contributed by atoms with Gasteiger partial charge in [-0.15, -0.1) is 0 Å². The van der Waals surface area contributed by atoms with Gasteiger partial charge in [0.2, 0.25) is 0 Å². The molecule has 21 heavy (non-hydrogen) atoms. The minimum Gasteiger partial charge on any atom is -0.550 e. The van der Waals surface area contributed by atoms with E-state index in [0.29, 0.717) is 0 Å². The van der Waals surface area contributed by atoms with Crippen LogP contribution in [0.25, 0.3) is 0 Å². The first-order valence-electron chi connectivity index (χ1n) is 8.03. The van der Waals surface area contributed by atoms with Crippen LogP contribution in [0.5, 0.6) is 0 Å². The summed E-state index contributed by atoms with van der Waals surface area (Å²) in [4.78, 5) is 20.8. The fourth-order valence-corrected chi connectivity index (χ4v) is 3.03. The first-order valence-corrected chi connectivity index (χ1v) is 8.03. The fourth-order valence-electron chi connectivity index (χ4n) is 3.03. The van der Waals surface area contributed by atoms with Crippen LogP contribution >= 0.6 is 0 Å². The molecule has 2 rings (SSSR count). The number of carbonyl (C=O) groups is 2. The van der Waals surface area contributed by atoms with Gasteiger partial charge in [0.05, 0.1) is 0 Å². The Kier molecular flexibility index (Phi) is 11.9. The molecule has 0 N–H and O–H groups in total. The predicted octanol–water partition coefficient (Wildman–Crippen LogP) is 1.41. The Hall–Kier alpha value is -0.437. The molecule has 0 atom stereocenters. The summed E-state index contributed by atoms with van der Waals surface area (Å²) in [6.45, 7) is 0. The van der Waals surface area contributed by atoms with Crippen LogP contribution in [0.2, 0.25) is 0 Å². The van der Waals surface area contributed by atoms with E-state index in [1.54, 1.807) is 0 Å². The molecule has 0 spiro atoms. The predicted molar refractivity (Wildman–Crippen MR) is 72.4 cm³/mol. The second kappa shape index (κ2) is 12.1. The Morgan fingerprint density at radius 3 is 1.00 bits per heavy atom. The normalized spacial score (nSPS) is 21.0. The summed E-state index contributed by atoms with van der Waals surface area (Å²) < 4.78 is 0. The maximum absolute atomic E-state index is 10.4. The summed E-state index contributed by atoms with van der Waals surface area (Å²) in [6.07, 6.45) is 12.4. The summed E-state index contributed by atoms with van der Waals surface area (Å²) in [7, 11) is 0. The molecule has 0 radical (unpaired) electrons. The topological polar surface area (TPSA) is 80.3 Å². The Morgan fingerprint density at radius 2 is 0.810 bits per heavy atom. The molecule has 4 nitrogen and oxygen atoms in total. The first-order chi connectivity index (χ1) is 9.61. The van der Waals surface area contributed by atoms with Crippen LogP contribution in [0, 0.1) is 11.8 Å². The van der Waals surface area contributed by atoms with E-state index in [1.165, 1.54) is 25.7 Å². The average Bonchev–Trinajstić information content (AvgIpc) is 2.84. The van der Waals surface area contributed by atoms with Gasteiger partial charge in [0.25, 0.3) is 0 Å². The molecule has 5 heteroatoms. The zero-order valence-corrected chi connectivity index (χ0v) is 15.9. The molecule has 2 aliphatic rings. The largest absolute Gasteiger partial charge is 2.00 e. The number of hydrogen-bond donors (Lipinski definition) is 0. The van der Waals surface area contributed by atoms with E-state index in [1.807, 2.05) is 0 Å². The van der Waals surface area contributed by atoms with Crippen LogP contribution in [-0.2, 0) is 29.1 Å². The number of carboxylic acids is 2. The third-order valence-electron chi connectivity index (χ3n) is 4.38. The van der Waals surface area contributed by atoms with Crippen LogP contribution in [0.3, 0.4) is 0 Å². The van der Waals surface area contributed by atoms with Gasteiger partial charge in [-0.2, -0.15) is 0 Å². The van der Waals surface area contributed by atoms with Crippen molar-refractivity contribution in [3.63, 3.8) is 0 Å². The van der Waals surface area contributed by atoms with E-state index in [4.69, 9.17) is 0 Å². The first kappa shape index (κ1) is 20.6. The number of carboxylic acid groups (broad SMARTS) is 2. The van der Waals surface area contributed by atoms with Crippen molar-refractivity contribution in [2.24, 2.45) is 11.8 Å². The maximum atomic E-state index is 10.4. The van der Waals surface area contributed by atoms with Crippen LogP contribution in [0.15, 0.2) is 0 Å². The second-order valence-corrected chi connectivity index (χ2v) is 6.02. The van der Waals surface area contributed by atoms with Crippen molar-refractivity contribution < 1.29 is 39.3 Å². The Morgan fingerprint density at radius 1 is 0.571 bits per heavy atom. The zero-order valence-electron chi connectivity index (χ0n) is 13.0. The zero-order chi connectivity index (χ0) is 14.8. The second-order valence-electron chi connectivity index (χ2n) is 6.02. The van der Waals surface area contributed by atoms with Gasteiger partial charge in [-0.05, 0) is 37.5 Å². The molecule has 116 valence electrons. The third kappa shape index (κ3) is 9.23. The molecule has 2 fully saturated rings. The van der Waals surface area contributed by atoms with Gasteiger partial charge in [-0.3, -0.25) is 0 Å². The summed E-state index contributed by atoms with van der Waals surface area (Å²) in [6, 6.07) is 0. The molecule has 2 aliphatic carbocycles. The number of rotatable bonds is 2. The SMILES string of the molecule is O=C([O-])C1CCCCCC1.O=C([O-])C1CCCCCC1.[Zn+2]. The van der Waals surface area contributed by atoms with Gasteiger partial charge in [0, 0.05) is 11.9 Å². The minimum absolute atomic E-state index is 0. The molecule has 0 aromatic carbocycles. The van der Waals surface area contributed by atoms with Crippen LogP contribution in [0.1, 0.15) is 77.0 Å². The van der Waals surface area contributed by atoms with Gasteiger partial charge in [-0.25, -0.2) is 0 Å². The van der Waals surface area contributed by atoms with E-state index >= 15 is 0 Å². The summed E-state index contributed by atoms with van der Waals surface area (Å²) in [5.41, 5.74) is 0. The minimum atomic E-state index is -0.845. The smallest absolute Gasteiger partial charge is 0.550 e. The van der Waals surface area contributed by atoms with Gasteiger partial charge in [-0.1, -0.05) is 51.4 Å². The third-order valence-corrected chi connectivity index (χ3v) is 4.38. The van der Waals surface area contributed by atoms with Crippen molar-refractivity contribution in [1.29, 1.82) is 0 Å². The van der Waals surface area contributed by atoms with Crippen molar-refractivity contribution >= 4 is 11.9 Å². The van der Waals surface area contributed by atoms with Gasteiger partial charge in [0.15, 0.2) is 0 Å². The quantitative estimate of drug-likeness (QED) is 0.559. The van der Waals surface area contributed by atoms with Crippen molar-refractivity contribution in [2.45, 2.75) is 77.0 Å². The number of aliphatic carboxylic acids is 2. The monoisotopic (exact) mass is 346 g/mol. The molecule has 0 amide bonds. The number of carbonyl (C=O) groups excluding carboxylic acids is 2. The van der Waals surface area contributed by atoms with Crippen molar-refractivity contribution in [1.82, 2.24) is 0 Å². The average molecular weight is 348 g/mol. The molecule has 0 aromatic rings.